The molecule has 2 aromatic rings. The molecule has 0 radical (unpaired) electrons. The quantitative estimate of drug-likeness (QED) is 0.471. The zero-order valence-corrected chi connectivity index (χ0v) is 10.8. The molecule has 2 nitrogen and oxygen atoms in total. The summed E-state index contributed by atoms with van der Waals surface area (Å²) in [5.41, 5.74) is 3.85. The minimum atomic E-state index is 0.741. The third kappa shape index (κ3) is 3.01. The molecule has 0 N–H and O–H groups in total. The molecule has 1 aromatic carbocycles. The van der Waals surface area contributed by atoms with Gasteiger partial charge in [-0.25, -0.2) is 0 Å². The molecule has 88 valence electrons. The number of aryl methyl sites for hydroxylation is 2. The van der Waals surface area contributed by atoms with Gasteiger partial charge in [0.15, 0.2) is 6.20 Å². The summed E-state index contributed by atoms with van der Waals surface area (Å²) in [6.45, 7) is 4.22. The third-order valence-corrected chi connectivity index (χ3v) is 3.84. The van der Waals surface area contributed by atoms with Gasteiger partial charge in [0.25, 0.3) is 5.03 Å². The van der Waals surface area contributed by atoms with E-state index in [1.807, 2.05) is 12.1 Å². The third-order valence-electron chi connectivity index (χ3n) is 2.75. The van der Waals surface area contributed by atoms with E-state index in [4.69, 9.17) is 0 Å². The largest absolute Gasteiger partial charge is 0.618 e. The van der Waals surface area contributed by atoms with Gasteiger partial charge in [-0.05, 0) is 36.6 Å². The predicted octanol–water partition coefficient (Wildman–Crippen LogP) is 3.23. The van der Waals surface area contributed by atoms with Gasteiger partial charge in [0.2, 0.25) is 0 Å². The Balaban J connectivity index is 2.08. The van der Waals surface area contributed by atoms with Crippen molar-refractivity contribution < 1.29 is 4.73 Å². The maximum Gasteiger partial charge on any atom is 0.251 e. The van der Waals surface area contributed by atoms with Crippen LogP contribution < -0.4 is 4.73 Å². The molecule has 0 saturated heterocycles. The molecule has 0 amide bonds. The first-order valence-electron chi connectivity index (χ1n) is 5.54. The first-order valence-corrected chi connectivity index (χ1v) is 6.52. The van der Waals surface area contributed by atoms with E-state index in [9.17, 15) is 5.21 Å². The highest BCUT2D eigenvalue weighted by atomic mass is 32.2. The summed E-state index contributed by atoms with van der Waals surface area (Å²) < 4.78 is 0.908. The standard InChI is InChI=1S/C14H15NOS/c1-11-6-7-13(9-12(11)2)10-17-14-5-3-4-8-15(14)16/h3-9H,10H2,1-2H3. The Morgan fingerprint density at radius 3 is 2.65 bits per heavy atom. The van der Waals surface area contributed by atoms with Crippen molar-refractivity contribution >= 4 is 11.8 Å². The minimum absolute atomic E-state index is 0.741. The molecule has 0 aliphatic carbocycles. The summed E-state index contributed by atoms with van der Waals surface area (Å²) in [6.07, 6.45) is 1.53. The first-order chi connectivity index (χ1) is 8.16. The SMILES string of the molecule is Cc1ccc(CSc2cccc[n+]2[O-])cc1C. The average molecular weight is 245 g/mol. The summed E-state index contributed by atoms with van der Waals surface area (Å²) in [4.78, 5) is 0. The molecule has 0 aliphatic heterocycles. The first kappa shape index (κ1) is 12.0. The Kier molecular flexibility index (Phi) is 3.69. The lowest BCUT2D eigenvalue weighted by molar-refractivity contribution is -0.645. The normalized spacial score (nSPS) is 10.5. The van der Waals surface area contributed by atoms with Crippen molar-refractivity contribution in [2.75, 3.05) is 0 Å². The van der Waals surface area contributed by atoms with Crippen molar-refractivity contribution in [3.63, 3.8) is 0 Å². The second-order valence-electron chi connectivity index (χ2n) is 4.07. The number of rotatable bonds is 3. The smallest absolute Gasteiger partial charge is 0.251 e. The van der Waals surface area contributed by atoms with Crippen molar-refractivity contribution in [1.82, 2.24) is 0 Å². The van der Waals surface area contributed by atoms with Crippen LogP contribution in [0.15, 0.2) is 47.6 Å². The molecule has 1 aromatic heterocycles. The van der Waals surface area contributed by atoms with Crippen molar-refractivity contribution in [2.45, 2.75) is 24.6 Å². The Morgan fingerprint density at radius 1 is 1.12 bits per heavy atom. The lowest BCUT2D eigenvalue weighted by Crippen LogP contribution is -2.27. The van der Waals surface area contributed by atoms with Crippen molar-refractivity contribution in [2.24, 2.45) is 0 Å². The van der Waals surface area contributed by atoms with Crippen molar-refractivity contribution in [3.05, 3.63) is 64.5 Å². The van der Waals surface area contributed by atoms with E-state index in [1.165, 1.54) is 22.9 Å². The van der Waals surface area contributed by atoms with Gasteiger partial charge in [-0.2, -0.15) is 4.73 Å². The van der Waals surface area contributed by atoms with Crippen LogP contribution >= 0.6 is 11.8 Å². The molecule has 2 rings (SSSR count). The van der Waals surface area contributed by atoms with Crippen LogP contribution in [0.5, 0.6) is 0 Å². The second kappa shape index (κ2) is 5.23. The van der Waals surface area contributed by atoms with Gasteiger partial charge in [0.05, 0.1) is 0 Å². The predicted molar refractivity (Wildman–Crippen MR) is 70.9 cm³/mol. The Hall–Kier alpha value is -1.48. The molecule has 3 heteroatoms. The second-order valence-corrected chi connectivity index (χ2v) is 5.07. The Labute approximate surface area is 106 Å². The summed E-state index contributed by atoms with van der Waals surface area (Å²) in [5, 5.41) is 12.2. The topological polar surface area (TPSA) is 26.9 Å². The van der Waals surface area contributed by atoms with Gasteiger partial charge in [0.1, 0.15) is 0 Å². The molecule has 0 aliphatic rings. The monoisotopic (exact) mass is 245 g/mol. The molecule has 17 heavy (non-hydrogen) atoms. The fourth-order valence-corrected chi connectivity index (χ4v) is 2.43. The molecule has 0 saturated carbocycles. The average Bonchev–Trinajstić information content (AvgIpc) is 2.32. The van der Waals surface area contributed by atoms with Crippen molar-refractivity contribution in [1.29, 1.82) is 0 Å². The summed E-state index contributed by atoms with van der Waals surface area (Å²) in [7, 11) is 0. The van der Waals surface area contributed by atoms with E-state index >= 15 is 0 Å². The van der Waals surface area contributed by atoms with Crippen LogP contribution in [0.4, 0.5) is 0 Å². The number of thioether (sulfide) groups is 1. The summed E-state index contributed by atoms with van der Waals surface area (Å²) in [5.74, 6) is 0.827. The number of nitrogens with zero attached hydrogens (tertiary/aromatic N) is 1. The van der Waals surface area contributed by atoms with E-state index in [1.54, 1.807) is 17.8 Å². The lowest BCUT2D eigenvalue weighted by atomic mass is 10.1. The van der Waals surface area contributed by atoms with Gasteiger partial charge in [0, 0.05) is 17.9 Å². The van der Waals surface area contributed by atoms with E-state index in [2.05, 4.69) is 32.0 Å². The van der Waals surface area contributed by atoms with Crippen LogP contribution in [-0.2, 0) is 5.75 Å². The highest BCUT2D eigenvalue weighted by molar-refractivity contribution is 7.98. The lowest BCUT2D eigenvalue weighted by Gasteiger charge is -2.05. The van der Waals surface area contributed by atoms with Crippen LogP contribution in [0.3, 0.4) is 0 Å². The van der Waals surface area contributed by atoms with Gasteiger partial charge in [-0.3, -0.25) is 0 Å². The number of hydrogen-bond donors (Lipinski definition) is 0. The molecular formula is C14H15NOS. The summed E-state index contributed by atoms with van der Waals surface area (Å²) in [6, 6.07) is 11.9. The highest BCUT2D eigenvalue weighted by Crippen LogP contribution is 2.20. The van der Waals surface area contributed by atoms with E-state index in [0.717, 1.165) is 15.5 Å². The highest BCUT2D eigenvalue weighted by Gasteiger charge is 2.05. The van der Waals surface area contributed by atoms with Crippen LogP contribution in [0.1, 0.15) is 16.7 Å². The van der Waals surface area contributed by atoms with Crippen molar-refractivity contribution in [3.8, 4) is 0 Å². The van der Waals surface area contributed by atoms with Crippen LogP contribution in [0.2, 0.25) is 0 Å². The van der Waals surface area contributed by atoms with Gasteiger partial charge in [-0.1, -0.05) is 30.0 Å². The van der Waals surface area contributed by atoms with Crippen LogP contribution in [-0.4, -0.2) is 0 Å². The molecule has 0 bridgehead atoms. The zero-order valence-electron chi connectivity index (χ0n) is 10.0. The fraction of sp³-hybridized carbons (Fsp3) is 0.214. The number of pyridine rings is 1. The zero-order chi connectivity index (χ0) is 12.3. The molecule has 0 atom stereocenters. The fourth-order valence-electron chi connectivity index (χ4n) is 1.57. The summed E-state index contributed by atoms with van der Waals surface area (Å²) >= 11 is 1.57. The molecular weight excluding hydrogens is 230 g/mol. The van der Waals surface area contributed by atoms with E-state index < -0.39 is 0 Å². The Morgan fingerprint density at radius 2 is 1.94 bits per heavy atom. The number of hydrogen-bond acceptors (Lipinski definition) is 2. The molecule has 0 fully saturated rings. The molecule has 1 heterocycles. The Bertz CT molecular complexity index is 525. The van der Waals surface area contributed by atoms with Gasteiger partial charge in [-0.15, -0.1) is 0 Å². The molecule has 0 unspecified atom stereocenters. The number of aromatic nitrogens is 1. The van der Waals surface area contributed by atoms with E-state index in [0.29, 0.717) is 0 Å². The number of benzene rings is 1. The molecule has 0 spiro atoms. The maximum atomic E-state index is 11.5. The maximum absolute atomic E-state index is 11.5. The van der Waals surface area contributed by atoms with Crippen LogP contribution in [0.25, 0.3) is 0 Å². The van der Waals surface area contributed by atoms with Gasteiger partial charge >= 0.3 is 0 Å². The van der Waals surface area contributed by atoms with E-state index in [-0.39, 0.29) is 0 Å². The van der Waals surface area contributed by atoms with Crippen LogP contribution in [0, 0.1) is 19.1 Å². The van der Waals surface area contributed by atoms with Gasteiger partial charge < -0.3 is 5.21 Å². The minimum Gasteiger partial charge on any atom is -0.618 e.